The molecule has 9 nitrogen and oxygen atoms in total. The van der Waals surface area contributed by atoms with Crippen molar-refractivity contribution in [1.29, 1.82) is 0 Å². The van der Waals surface area contributed by atoms with E-state index in [0.29, 0.717) is 48.2 Å². The molecule has 11 heteroatoms. The van der Waals surface area contributed by atoms with Crippen molar-refractivity contribution in [3.63, 3.8) is 0 Å². The van der Waals surface area contributed by atoms with E-state index >= 15 is 0 Å². The SMILES string of the molecule is C[Si](C)(C)CCOCn1c(=O)n(C2CCOCC2)c2nc(-c3cnc4ccc(F)cn34)cnc21. The van der Waals surface area contributed by atoms with Gasteiger partial charge in [-0.3, -0.25) is 13.5 Å². The van der Waals surface area contributed by atoms with Crippen LogP contribution >= 0.6 is 0 Å². The van der Waals surface area contributed by atoms with Gasteiger partial charge in [0.2, 0.25) is 0 Å². The van der Waals surface area contributed by atoms with E-state index < -0.39 is 8.07 Å². The van der Waals surface area contributed by atoms with Crippen LogP contribution in [0.1, 0.15) is 18.9 Å². The van der Waals surface area contributed by atoms with Crippen LogP contribution in [0.15, 0.2) is 35.5 Å². The van der Waals surface area contributed by atoms with Crippen LogP contribution < -0.4 is 5.69 Å². The van der Waals surface area contributed by atoms with Gasteiger partial charge in [0, 0.05) is 40.1 Å². The summed E-state index contributed by atoms with van der Waals surface area (Å²) in [6.07, 6.45) is 6.05. The number of halogens is 1. The van der Waals surface area contributed by atoms with Gasteiger partial charge in [-0.05, 0) is 31.0 Å². The average molecular weight is 485 g/mol. The highest BCUT2D eigenvalue weighted by Gasteiger charge is 2.25. The third kappa shape index (κ3) is 4.42. The highest BCUT2D eigenvalue weighted by molar-refractivity contribution is 6.76. The van der Waals surface area contributed by atoms with Gasteiger partial charge in [0.1, 0.15) is 23.9 Å². The third-order valence-corrected chi connectivity index (χ3v) is 7.87. The van der Waals surface area contributed by atoms with E-state index in [-0.39, 0.29) is 24.3 Å². The second kappa shape index (κ2) is 9.04. The molecule has 180 valence electrons. The monoisotopic (exact) mass is 484 g/mol. The maximum absolute atomic E-state index is 13.9. The van der Waals surface area contributed by atoms with E-state index in [9.17, 15) is 9.18 Å². The Morgan fingerprint density at radius 3 is 2.71 bits per heavy atom. The molecule has 0 atom stereocenters. The Bertz CT molecular complexity index is 1380. The molecule has 0 spiro atoms. The van der Waals surface area contributed by atoms with Gasteiger partial charge < -0.3 is 9.47 Å². The zero-order chi connectivity index (χ0) is 23.9. The lowest BCUT2D eigenvalue weighted by molar-refractivity contribution is 0.0669. The molecule has 0 bridgehead atoms. The molecule has 1 fully saturated rings. The second-order valence-corrected chi connectivity index (χ2v) is 15.5. The first kappa shape index (κ1) is 22.9. The summed E-state index contributed by atoms with van der Waals surface area (Å²) in [6.45, 7) is 8.79. The van der Waals surface area contributed by atoms with Gasteiger partial charge >= 0.3 is 5.69 Å². The highest BCUT2D eigenvalue weighted by Crippen LogP contribution is 2.26. The number of hydrogen-bond acceptors (Lipinski definition) is 6. The van der Waals surface area contributed by atoms with Crippen molar-refractivity contribution in [2.24, 2.45) is 0 Å². The van der Waals surface area contributed by atoms with Gasteiger partial charge in [0.25, 0.3) is 0 Å². The first-order chi connectivity index (χ1) is 16.3. The fourth-order valence-electron chi connectivity index (χ4n) is 4.23. The molecular weight excluding hydrogens is 455 g/mol. The van der Waals surface area contributed by atoms with Gasteiger partial charge in [-0.1, -0.05) is 19.6 Å². The maximum atomic E-state index is 13.9. The molecule has 0 aromatic carbocycles. The first-order valence-electron chi connectivity index (χ1n) is 11.6. The van der Waals surface area contributed by atoms with Crippen molar-refractivity contribution in [1.82, 2.24) is 28.5 Å². The first-order valence-corrected chi connectivity index (χ1v) is 15.3. The Morgan fingerprint density at radius 1 is 1.15 bits per heavy atom. The standard InChI is InChI=1S/C23H29FN6O3Si/c1-34(2,3)11-10-33-15-29-21-22(30(23(29)31)17-6-8-32-9-7-17)27-18(12-26-21)19-13-25-20-5-4-16(24)14-28(19)20/h4-5,12-14,17H,6-11,15H2,1-3H3. The molecule has 5 rings (SSSR count). The number of aromatic nitrogens is 6. The summed E-state index contributed by atoms with van der Waals surface area (Å²) in [5, 5.41) is 0. The predicted molar refractivity (Wildman–Crippen MR) is 129 cm³/mol. The lowest BCUT2D eigenvalue weighted by atomic mass is 10.1. The normalized spacial score (nSPS) is 15.5. The molecular formula is C23H29FN6O3Si. The summed E-state index contributed by atoms with van der Waals surface area (Å²) in [7, 11) is -1.24. The van der Waals surface area contributed by atoms with Crippen molar-refractivity contribution in [3.05, 3.63) is 47.0 Å². The highest BCUT2D eigenvalue weighted by atomic mass is 28.3. The summed E-state index contributed by atoms with van der Waals surface area (Å²) in [4.78, 5) is 27.3. The van der Waals surface area contributed by atoms with E-state index in [1.165, 1.54) is 12.3 Å². The molecule has 0 amide bonds. The van der Waals surface area contributed by atoms with Crippen LogP contribution in [0.4, 0.5) is 4.39 Å². The van der Waals surface area contributed by atoms with Gasteiger partial charge in [-0.2, -0.15) is 0 Å². The van der Waals surface area contributed by atoms with E-state index in [2.05, 4.69) is 29.6 Å². The molecule has 34 heavy (non-hydrogen) atoms. The molecule has 0 saturated carbocycles. The quantitative estimate of drug-likeness (QED) is 0.294. The summed E-state index contributed by atoms with van der Waals surface area (Å²) >= 11 is 0. The van der Waals surface area contributed by atoms with E-state index in [1.54, 1.807) is 32.0 Å². The predicted octanol–water partition coefficient (Wildman–Crippen LogP) is 3.71. The minimum Gasteiger partial charge on any atom is -0.381 e. The van der Waals surface area contributed by atoms with Crippen molar-refractivity contribution in [2.75, 3.05) is 19.8 Å². The van der Waals surface area contributed by atoms with Gasteiger partial charge in [0.15, 0.2) is 11.3 Å². The van der Waals surface area contributed by atoms with Crippen LogP contribution in [-0.2, 0) is 16.2 Å². The Morgan fingerprint density at radius 2 is 1.94 bits per heavy atom. The lowest BCUT2D eigenvalue weighted by Crippen LogP contribution is -2.31. The molecule has 1 aliphatic rings. The summed E-state index contributed by atoms with van der Waals surface area (Å²) in [6, 6.07) is 3.96. The van der Waals surface area contributed by atoms with Crippen molar-refractivity contribution in [3.8, 4) is 11.4 Å². The van der Waals surface area contributed by atoms with Crippen LogP contribution in [0.25, 0.3) is 28.3 Å². The van der Waals surface area contributed by atoms with Crippen LogP contribution in [0.2, 0.25) is 25.7 Å². The number of imidazole rings is 2. The van der Waals surface area contributed by atoms with E-state index in [0.717, 1.165) is 18.9 Å². The molecule has 1 saturated heterocycles. The minimum atomic E-state index is -1.24. The van der Waals surface area contributed by atoms with Crippen molar-refractivity contribution in [2.45, 2.75) is 51.3 Å². The minimum absolute atomic E-state index is 0.0313. The zero-order valence-corrected chi connectivity index (χ0v) is 20.7. The van der Waals surface area contributed by atoms with E-state index in [1.807, 2.05) is 0 Å². The average Bonchev–Trinajstić information content (AvgIpc) is 3.34. The summed E-state index contributed by atoms with van der Waals surface area (Å²) in [5.74, 6) is -0.374. The number of rotatable bonds is 7. The van der Waals surface area contributed by atoms with Gasteiger partial charge in [-0.25, -0.2) is 24.1 Å². The molecule has 0 N–H and O–H groups in total. The number of ether oxygens (including phenoxy) is 2. The number of hydrogen-bond donors (Lipinski definition) is 0. The number of pyridine rings is 1. The molecule has 1 aliphatic heterocycles. The maximum Gasteiger partial charge on any atom is 0.333 e. The Balaban J connectivity index is 1.57. The summed E-state index contributed by atoms with van der Waals surface area (Å²) < 4.78 is 30.2. The largest absolute Gasteiger partial charge is 0.381 e. The second-order valence-electron chi connectivity index (χ2n) is 9.89. The van der Waals surface area contributed by atoms with Gasteiger partial charge in [-0.15, -0.1) is 0 Å². The Labute approximate surface area is 197 Å². The lowest BCUT2D eigenvalue weighted by Gasteiger charge is -2.22. The fourth-order valence-corrected chi connectivity index (χ4v) is 4.98. The number of fused-ring (bicyclic) bond motifs is 2. The van der Waals surface area contributed by atoms with Crippen LogP contribution in [0, 0.1) is 5.82 Å². The Hall–Kier alpha value is -2.89. The van der Waals surface area contributed by atoms with Crippen LogP contribution in [0.5, 0.6) is 0 Å². The molecule has 5 heterocycles. The molecule has 0 unspecified atom stereocenters. The molecule has 4 aromatic rings. The fraction of sp³-hybridized carbons (Fsp3) is 0.478. The van der Waals surface area contributed by atoms with Crippen LogP contribution in [-0.4, -0.2) is 56.4 Å². The summed E-state index contributed by atoms with van der Waals surface area (Å²) in [5.41, 5.74) is 2.52. The zero-order valence-electron chi connectivity index (χ0n) is 19.7. The smallest absolute Gasteiger partial charge is 0.333 e. The van der Waals surface area contributed by atoms with Gasteiger partial charge in [0.05, 0.1) is 18.1 Å². The van der Waals surface area contributed by atoms with E-state index in [4.69, 9.17) is 14.5 Å². The molecule has 0 aliphatic carbocycles. The van der Waals surface area contributed by atoms with Crippen molar-refractivity contribution >= 4 is 25.0 Å². The Kier molecular flexibility index (Phi) is 6.09. The third-order valence-electron chi connectivity index (χ3n) is 6.16. The van der Waals surface area contributed by atoms with Crippen molar-refractivity contribution < 1.29 is 13.9 Å². The molecule has 4 aromatic heterocycles. The molecule has 0 radical (unpaired) electrons. The topological polar surface area (TPSA) is 88.5 Å². The van der Waals surface area contributed by atoms with Crippen LogP contribution in [0.3, 0.4) is 0 Å². The number of nitrogens with zero attached hydrogens (tertiary/aromatic N) is 6.